The van der Waals surface area contributed by atoms with Crippen molar-refractivity contribution in [1.82, 2.24) is 0 Å². The third kappa shape index (κ3) is 6.55. The maximum atomic E-state index is 12.4. The number of esters is 1. The number of carbonyl (C=O) groups excluding carboxylic acids is 2. The number of aliphatic carboxylic acids is 1. The van der Waals surface area contributed by atoms with Crippen LogP contribution in [0.2, 0.25) is 0 Å². The van der Waals surface area contributed by atoms with E-state index >= 15 is 0 Å². The highest BCUT2D eigenvalue weighted by Gasteiger charge is 2.17. The summed E-state index contributed by atoms with van der Waals surface area (Å²) in [6, 6.07) is 16.8. The van der Waals surface area contributed by atoms with Gasteiger partial charge >= 0.3 is 28.1 Å². The van der Waals surface area contributed by atoms with E-state index in [1.54, 1.807) is 12.1 Å². The second-order valence-corrected chi connectivity index (χ2v) is 8.23. The number of carboxylic acids is 1. The molecule has 170 valence electrons. The molecule has 0 unspecified atom stereocenters. The van der Waals surface area contributed by atoms with E-state index in [0.29, 0.717) is 0 Å². The van der Waals surface area contributed by atoms with E-state index in [4.69, 9.17) is 9.29 Å². The molecule has 0 atom stereocenters. The lowest BCUT2D eigenvalue weighted by molar-refractivity contribution is -0.158. The predicted octanol–water partition coefficient (Wildman–Crippen LogP) is 3.40. The van der Waals surface area contributed by atoms with Gasteiger partial charge in [-0.15, -0.1) is 0 Å². The maximum Gasteiger partial charge on any atom is 0.422 e. The summed E-state index contributed by atoms with van der Waals surface area (Å²) in [6.07, 6.45) is 0. The first kappa shape index (κ1) is 23.3. The van der Waals surface area contributed by atoms with Crippen molar-refractivity contribution in [1.29, 1.82) is 0 Å². The average Bonchev–Trinajstić information content (AvgIpc) is 2.74. The third-order valence-corrected chi connectivity index (χ3v) is 5.35. The van der Waals surface area contributed by atoms with Crippen molar-refractivity contribution in [2.24, 2.45) is 0 Å². The highest BCUT2D eigenvalue weighted by Crippen LogP contribution is 2.23. The molecule has 33 heavy (non-hydrogen) atoms. The van der Waals surface area contributed by atoms with Crippen LogP contribution in [0, 0.1) is 6.92 Å². The van der Waals surface area contributed by atoms with Gasteiger partial charge in [0.2, 0.25) is 0 Å². The number of rotatable bonds is 6. The molecule has 0 saturated carbocycles. The Balaban J connectivity index is 1.65. The molecule has 2 amide bonds. The van der Waals surface area contributed by atoms with Crippen LogP contribution in [0.5, 0.6) is 11.5 Å². The van der Waals surface area contributed by atoms with Gasteiger partial charge in [0.15, 0.2) is 0 Å². The van der Waals surface area contributed by atoms with E-state index < -0.39 is 28.1 Å². The van der Waals surface area contributed by atoms with Crippen LogP contribution < -0.4 is 19.6 Å². The van der Waals surface area contributed by atoms with Gasteiger partial charge in [0.05, 0.1) is 0 Å². The molecule has 10 nitrogen and oxygen atoms in total. The largest absolute Gasteiger partial charge is 0.473 e. The van der Waals surface area contributed by atoms with Crippen molar-refractivity contribution in [3.05, 3.63) is 78.4 Å². The number of hydrogen-bond donors (Lipinski definition) is 3. The highest BCUT2D eigenvalue weighted by molar-refractivity contribution is 7.87. The smallest absolute Gasteiger partial charge is 0.422 e. The van der Waals surface area contributed by atoms with E-state index in [1.807, 2.05) is 6.92 Å². The number of benzene rings is 3. The fourth-order valence-electron chi connectivity index (χ4n) is 2.59. The number of carbonyl (C=O) groups is 3. The molecule has 3 N–H and O–H groups in total. The summed E-state index contributed by atoms with van der Waals surface area (Å²) in [6.45, 7) is 1.83. The zero-order valence-electron chi connectivity index (χ0n) is 17.1. The van der Waals surface area contributed by atoms with E-state index in [2.05, 4.69) is 15.4 Å². The number of nitrogens with one attached hydrogen (secondary N) is 2. The Hall–Kier alpha value is -4.38. The van der Waals surface area contributed by atoms with Crippen molar-refractivity contribution in [2.75, 3.05) is 10.6 Å². The fraction of sp³-hybridized carbons (Fsp3) is 0.0455. The fourth-order valence-corrected chi connectivity index (χ4v) is 3.51. The van der Waals surface area contributed by atoms with Gasteiger partial charge < -0.3 is 24.7 Å². The van der Waals surface area contributed by atoms with E-state index in [0.717, 1.165) is 5.56 Å². The van der Waals surface area contributed by atoms with Gasteiger partial charge in [0, 0.05) is 23.5 Å². The molecule has 0 aliphatic rings. The second kappa shape index (κ2) is 9.83. The average molecular weight is 470 g/mol. The first-order valence-corrected chi connectivity index (χ1v) is 10.8. The molecule has 0 saturated heterocycles. The number of carboxylic acid groups (broad SMARTS) is 1. The quantitative estimate of drug-likeness (QED) is 0.215. The van der Waals surface area contributed by atoms with Crippen LogP contribution in [-0.4, -0.2) is 31.5 Å². The summed E-state index contributed by atoms with van der Waals surface area (Å²) in [5, 5.41) is 13.6. The zero-order valence-corrected chi connectivity index (χ0v) is 18.0. The monoisotopic (exact) mass is 470 g/mol. The molecule has 0 fully saturated rings. The number of aryl methyl sites for hydroxylation is 1. The van der Waals surface area contributed by atoms with E-state index in [9.17, 15) is 22.8 Å². The maximum absolute atomic E-state index is 12.4. The predicted molar refractivity (Wildman–Crippen MR) is 118 cm³/mol. The van der Waals surface area contributed by atoms with Crippen LogP contribution >= 0.6 is 0 Å². The van der Waals surface area contributed by atoms with Crippen molar-refractivity contribution in [3.8, 4) is 11.5 Å². The normalized spacial score (nSPS) is 10.7. The summed E-state index contributed by atoms with van der Waals surface area (Å²) in [4.78, 5) is 34.0. The zero-order chi connectivity index (χ0) is 24.0. The Bertz CT molecular complexity index is 1300. The molecule has 11 heteroatoms. The van der Waals surface area contributed by atoms with Crippen molar-refractivity contribution in [2.45, 2.75) is 11.8 Å². The Kier molecular flexibility index (Phi) is 6.94. The molecule has 3 rings (SSSR count). The number of urea groups is 1. The standard InChI is InChI=1S/C22H18N2O8S/c1-14-8-10-19(11-9-14)33(29,30)32-18-7-3-5-16(13-18)24-22(28)23-15-4-2-6-17(12-15)31-21(27)20(25)26/h2-13H,1H3,(H,25,26)(H2,23,24,28). The second-order valence-electron chi connectivity index (χ2n) is 6.68. The summed E-state index contributed by atoms with van der Waals surface area (Å²) >= 11 is 0. The van der Waals surface area contributed by atoms with Gasteiger partial charge in [0.1, 0.15) is 16.4 Å². The Morgan fingerprint density at radius 3 is 1.94 bits per heavy atom. The van der Waals surface area contributed by atoms with Gasteiger partial charge in [-0.2, -0.15) is 8.42 Å². The molecule has 0 spiro atoms. The van der Waals surface area contributed by atoms with Gasteiger partial charge in [-0.3, -0.25) is 0 Å². The Labute approximate surface area is 188 Å². The minimum absolute atomic E-state index is 0.00374. The highest BCUT2D eigenvalue weighted by atomic mass is 32.2. The van der Waals surface area contributed by atoms with Gasteiger partial charge in [-0.1, -0.05) is 29.8 Å². The van der Waals surface area contributed by atoms with E-state index in [1.165, 1.54) is 60.7 Å². The summed E-state index contributed by atoms with van der Waals surface area (Å²) in [7, 11) is -4.06. The lowest BCUT2D eigenvalue weighted by Crippen LogP contribution is -2.20. The van der Waals surface area contributed by atoms with Crippen LogP contribution in [0.3, 0.4) is 0 Å². The molecular formula is C22H18N2O8S. The minimum atomic E-state index is -4.06. The summed E-state index contributed by atoms with van der Waals surface area (Å²) in [5.41, 5.74) is 1.37. The van der Waals surface area contributed by atoms with Gasteiger partial charge in [0.25, 0.3) is 0 Å². The Morgan fingerprint density at radius 1 is 0.818 bits per heavy atom. The van der Waals surface area contributed by atoms with Crippen LogP contribution in [0.15, 0.2) is 77.7 Å². The number of amides is 2. The lowest BCUT2D eigenvalue weighted by atomic mass is 10.2. The van der Waals surface area contributed by atoms with Crippen LogP contribution in [-0.2, 0) is 19.7 Å². The van der Waals surface area contributed by atoms with Gasteiger partial charge in [-0.25, -0.2) is 14.4 Å². The van der Waals surface area contributed by atoms with Crippen molar-refractivity contribution < 1.29 is 36.8 Å². The molecule has 0 radical (unpaired) electrons. The molecule has 0 aliphatic heterocycles. The molecular weight excluding hydrogens is 452 g/mol. The number of ether oxygens (including phenoxy) is 1. The van der Waals surface area contributed by atoms with E-state index in [-0.39, 0.29) is 27.8 Å². The topological polar surface area (TPSA) is 148 Å². The SMILES string of the molecule is Cc1ccc(S(=O)(=O)Oc2cccc(NC(=O)Nc3cccc(OC(=O)C(=O)O)c3)c2)cc1. The minimum Gasteiger partial charge on any atom is -0.473 e. The van der Waals surface area contributed by atoms with Crippen molar-refractivity contribution in [3.63, 3.8) is 0 Å². The molecule has 0 aliphatic carbocycles. The van der Waals surface area contributed by atoms with Crippen LogP contribution in [0.1, 0.15) is 5.56 Å². The number of anilines is 2. The Morgan fingerprint density at radius 2 is 1.36 bits per heavy atom. The summed E-state index contributed by atoms with van der Waals surface area (Å²) in [5.74, 6) is -3.29. The van der Waals surface area contributed by atoms with Crippen molar-refractivity contribution >= 4 is 39.5 Å². The van der Waals surface area contributed by atoms with Crippen LogP contribution in [0.25, 0.3) is 0 Å². The molecule has 3 aromatic rings. The third-order valence-electron chi connectivity index (χ3n) is 4.08. The molecule has 0 heterocycles. The first-order valence-electron chi connectivity index (χ1n) is 9.37. The molecule has 0 bridgehead atoms. The first-order chi connectivity index (χ1) is 15.6. The molecule has 0 aromatic heterocycles. The summed E-state index contributed by atoms with van der Waals surface area (Å²) < 4.78 is 34.7. The van der Waals surface area contributed by atoms with Gasteiger partial charge in [-0.05, 0) is 43.3 Å². The van der Waals surface area contributed by atoms with Crippen LogP contribution in [0.4, 0.5) is 16.2 Å². The molecule has 3 aromatic carbocycles. The lowest BCUT2D eigenvalue weighted by Gasteiger charge is -2.11. The number of hydrogen-bond acceptors (Lipinski definition) is 7.